The Bertz CT molecular complexity index is 417. The average Bonchev–Trinajstić information content (AvgIpc) is 2.61. The summed E-state index contributed by atoms with van der Waals surface area (Å²) in [6.45, 7) is 2.53. The standard InChI is InChI=1S/C14H22ClN3O/c1-2-12-17-11(15)9-13(18-12)16-10-14(19)7-5-3-4-6-8-14/h9,19H,2-8,10H2,1H3,(H,16,17,18). The van der Waals surface area contributed by atoms with Crippen molar-refractivity contribution in [1.29, 1.82) is 0 Å². The Hall–Kier alpha value is -0.870. The molecule has 0 aromatic carbocycles. The molecule has 2 rings (SSSR count). The van der Waals surface area contributed by atoms with E-state index in [0.717, 1.165) is 37.9 Å². The number of rotatable bonds is 4. The molecule has 1 aromatic rings. The molecule has 0 spiro atoms. The third-order valence-corrected chi connectivity index (χ3v) is 3.88. The van der Waals surface area contributed by atoms with Gasteiger partial charge in [0.05, 0.1) is 5.60 Å². The van der Waals surface area contributed by atoms with Gasteiger partial charge in [-0.25, -0.2) is 9.97 Å². The lowest BCUT2D eigenvalue weighted by molar-refractivity contribution is 0.0380. The molecule has 1 aromatic heterocycles. The summed E-state index contributed by atoms with van der Waals surface area (Å²) in [4.78, 5) is 8.50. The Morgan fingerprint density at radius 3 is 2.58 bits per heavy atom. The molecule has 1 fully saturated rings. The van der Waals surface area contributed by atoms with Crippen molar-refractivity contribution in [2.45, 2.75) is 57.5 Å². The van der Waals surface area contributed by atoms with Crippen molar-refractivity contribution in [1.82, 2.24) is 9.97 Å². The molecule has 5 heteroatoms. The van der Waals surface area contributed by atoms with Gasteiger partial charge in [-0.05, 0) is 12.8 Å². The predicted octanol–water partition coefficient (Wildman–Crippen LogP) is 3.19. The highest BCUT2D eigenvalue weighted by atomic mass is 35.5. The molecule has 0 unspecified atom stereocenters. The number of aryl methyl sites for hydroxylation is 1. The second kappa shape index (κ2) is 6.53. The third-order valence-electron chi connectivity index (χ3n) is 3.69. The van der Waals surface area contributed by atoms with Gasteiger partial charge in [-0.2, -0.15) is 0 Å². The van der Waals surface area contributed by atoms with E-state index in [1.54, 1.807) is 6.07 Å². The summed E-state index contributed by atoms with van der Waals surface area (Å²) in [7, 11) is 0. The SMILES string of the molecule is CCc1nc(Cl)cc(NCC2(O)CCCCCC2)n1. The van der Waals surface area contributed by atoms with E-state index in [1.165, 1.54) is 12.8 Å². The number of anilines is 1. The number of hydrogen-bond donors (Lipinski definition) is 2. The minimum Gasteiger partial charge on any atom is -0.388 e. The van der Waals surface area contributed by atoms with Crippen LogP contribution in [0.2, 0.25) is 5.15 Å². The van der Waals surface area contributed by atoms with Gasteiger partial charge in [0, 0.05) is 19.0 Å². The molecule has 19 heavy (non-hydrogen) atoms. The van der Waals surface area contributed by atoms with Crippen molar-refractivity contribution in [3.05, 3.63) is 17.0 Å². The summed E-state index contributed by atoms with van der Waals surface area (Å²) >= 11 is 5.96. The summed E-state index contributed by atoms with van der Waals surface area (Å²) in [5, 5.41) is 14.2. The second-order valence-corrected chi connectivity index (χ2v) is 5.73. The number of halogens is 1. The van der Waals surface area contributed by atoms with Crippen LogP contribution in [0, 0.1) is 0 Å². The summed E-state index contributed by atoms with van der Waals surface area (Å²) in [6, 6.07) is 1.71. The van der Waals surface area contributed by atoms with E-state index in [9.17, 15) is 5.11 Å². The van der Waals surface area contributed by atoms with Gasteiger partial charge < -0.3 is 10.4 Å². The molecule has 2 N–H and O–H groups in total. The molecule has 0 bridgehead atoms. The van der Waals surface area contributed by atoms with Crippen molar-refractivity contribution in [3.63, 3.8) is 0 Å². The number of aliphatic hydroxyl groups is 1. The van der Waals surface area contributed by atoms with E-state index >= 15 is 0 Å². The van der Waals surface area contributed by atoms with E-state index < -0.39 is 5.60 Å². The molecule has 1 aliphatic rings. The first kappa shape index (κ1) is 14.5. The quantitative estimate of drug-likeness (QED) is 0.658. The van der Waals surface area contributed by atoms with Gasteiger partial charge in [0.15, 0.2) is 0 Å². The van der Waals surface area contributed by atoms with Crippen molar-refractivity contribution >= 4 is 17.4 Å². The van der Waals surface area contributed by atoms with Crippen molar-refractivity contribution < 1.29 is 5.11 Å². The fraction of sp³-hybridized carbons (Fsp3) is 0.714. The van der Waals surface area contributed by atoms with Gasteiger partial charge in [0.25, 0.3) is 0 Å². The minimum atomic E-state index is -0.611. The Morgan fingerprint density at radius 1 is 1.26 bits per heavy atom. The maximum absolute atomic E-state index is 10.6. The predicted molar refractivity (Wildman–Crippen MR) is 77.6 cm³/mol. The summed E-state index contributed by atoms with van der Waals surface area (Å²) in [6.07, 6.45) is 7.12. The molecule has 1 aliphatic carbocycles. The normalized spacial score (nSPS) is 18.9. The molecular formula is C14H22ClN3O. The minimum absolute atomic E-state index is 0.446. The number of nitrogens with one attached hydrogen (secondary N) is 1. The van der Waals surface area contributed by atoms with E-state index in [-0.39, 0.29) is 0 Å². The van der Waals surface area contributed by atoms with Crippen LogP contribution >= 0.6 is 11.6 Å². The molecule has 0 radical (unpaired) electrons. The lowest BCUT2D eigenvalue weighted by atomic mass is 9.94. The first-order valence-corrected chi connectivity index (χ1v) is 7.49. The van der Waals surface area contributed by atoms with Gasteiger partial charge in [0.1, 0.15) is 16.8 Å². The third kappa shape index (κ3) is 4.32. The molecule has 1 heterocycles. The fourth-order valence-corrected chi connectivity index (χ4v) is 2.73. The van der Waals surface area contributed by atoms with Crippen molar-refractivity contribution in [2.24, 2.45) is 0 Å². The molecule has 4 nitrogen and oxygen atoms in total. The second-order valence-electron chi connectivity index (χ2n) is 5.34. The Morgan fingerprint density at radius 2 is 1.95 bits per heavy atom. The first-order valence-electron chi connectivity index (χ1n) is 7.11. The average molecular weight is 284 g/mol. The lowest BCUT2D eigenvalue weighted by Crippen LogP contribution is -2.36. The summed E-state index contributed by atoms with van der Waals surface area (Å²) in [5.41, 5.74) is -0.611. The zero-order chi connectivity index (χ0) is 13.7. The van der Waals surface area contributed by atoms with Crippen LogP contribution in [0.4, 0.5) is 5.82 Å². The maximum atomic E-state index is 10.6. The monoisotopic (exact) mass is 283 g/mol. The van der Waals surface area contributed by atoms with Crippen LogP contribution in [0.25, 0.3) is 0 Å². The van der Waals surface area contributed by atoms with Crippen LogP contribution < -0.4 is 5.32 Å². The van der Waals surface area contributed by atoms with E-state index in [2.05, 4.69) is 15.3 Å². The van der Waals surface area contributed by atoms with Crippen LogP contribution in [-0.4, -0.2) is 27.2 Å². The van der Waals surface area contributed by atoms with Crippen LogP contribution in [0.15, 0.2) is 6.07 Å². The van der Waals surface area contributed by atoms with E-state index in [1.807, 2.05) is 6.92 Å². The Balaban J connectivity index is 1.99. The summed E-state index contributed by atoms with van der Waals surface area (Å²) < 4.78 is 0. The zero-order valence-corrected chi connectivity index (χ0v) is 12.2. The van der Waals surface area contributed by atoms with Gasteiger partial charge >= 0.3 is 0 Å². The van der Waals surface area contributed by atoms with E-state index in [4.69, 9.17) is 11.6 Å². The molecule has 0 aliphatic heterocycles. The lowest BCUT2D eigenvalue weighted by Gasteiger charge is -2.27. The number of nitrogens with zero attached hydrogens (tertiary/aromatic N) is 2. The molecular weight excluding hydrogens is 262 g/mol. The van der Waals surface area contributed by atoms with Gasteiger partial charge in [0.2, 0.25) is 0 Å². The highest BCUT2D eigenvalue weighted by Crippen LogP contribution is 2.27. The van der Waals surface area contributed by atoms with Gasteiger partial charge in [-0.1, -0.05) is 44.2 Å². The van der Waals surface area contributed by atoms with Crippen LogP contribution in [0.1, 0.15) is 51.3 Å². The van der Waals surface area contributed by atoms with Crippen molar-refractivity contribution in [3.8, 4) is 0 Å². The van der Waals surface area contributed by atoms with Crippen molar-refractivity contribution in [2.75, 3.05) is 11.9 Å². The summed E-state index contributed by atoms with van der Waals surface area (Å²) in [5.74, 6) is 1.43. The first-order chi connectivity index (χ1) is 9.11. The Labute approximate surface area is 119 Å². The van der Waals surface area contributed by atoms with Crippen LogP contribution in [-0.2, 0) is 6.42 Å². The van der Waals surface area contributed by atoms with Gasteiger partial charge in [-0.3, -0.25) is 0 Å². The van der Waals surface area contributed by atoms with Crippen LogP contribution in [0.5, 0.6) is 0 Å². The fourth-order valence-electron chi connectivity index (χ4n) is 2.53. The zero-order valence-electron chi connectivity index (χ0n) is 11.5. The smallest absolute Gasteiger partial charge is 0.134 e. The molecule has 0 atom stereocenters. The molecule has 106 valence electrons. The molecule has 1 saturated carbocycles. The highest BCUT2D eigenvalue weighted by molar-refractivity contribution is 6.29. The Kier molecular flexibility index (Phi) is 4.99. The molecule has 0 saturated heterocycles. The largest absolute Gasteiger partial charge is 0.388 e. The van der Waals surface area contributed by atoms with E-state index in [0.29, 0.717) is 17.5 Å². The highest BCUT2D eigenvalue weighted by Gasteiger charge is 2.27. The topological polar surface area (TPSA) is 58.0 Å². The van der Waals surface area contributed by atoms with Crippen LogP contribution in [0.3, 0.4) is 0 Å². The molecule has 0 amide bonds. The number of hydrogen-bond acceptors (Lipinski definition) is 4. The van der Waals surface area contributed by atoms with Gasteiger partial charge in [-0.15, -0.1) is 0 Å². The maximum Gasteiger partial charge on any atom is 0.134 e. The number of aromatic nitrogens is 2.